The van der Waals surface area contributed by atoms with Gasteiger partial charge in [-0.25, -0.2) is 0 Å². The van der Waals surface area contributed by atoms with Gasteiger partial charge in [0.25, 0.3) is 0 Å². The molecule has 0 saturated heterocycles. The topological polar surface area (TPSA) is 26.3 Å². The van der Waals surface area contributed by atoms with Crippen LogP contribution in [0.1, 0.15) is 39.5 Å². The molecule has 2 nitrogen and oxygen atoms in total. The van der Waals surface area contributed by atoms with E-state index in [4.69, 9.17) is 4.74 Å². The Bertz CT molecular complexity index is 253. The quantitative estimate of drug-likeness (QED) is 0.572. The van der Waals surface area contributed by atoms with Crippen molar-refractivity contribution in [3.05, 3.63) is 12.3 Å². The van der Waals surface area contributed by atoms with E-state index in [2.05, 4.69) is 13.8 Å². The summed E-state index contributed by atoms with van der Waals surface area (Å²) in [6.45, 7) is 4.51. The first-order valence-corrected chi connectivity index (χ1v) is 4.93. The first-order valence-electron chi connectivity index (χ1n) is 4.93. The van der Waals surface area contributed by atoms with Crippen molar-refractivity contribution in [2.75, 3.05) is 0 Å². The van der Waals surface area contributed by atoms with Crippen molar-refractivity contribution in [3.8, 4) is 0 Å². The zero-order valence-corrected chi connectivity index (χ0v) is 8.30. The zero-order chi connectivity index (χ0) is 9.53. The van der Waals surface area contributed by atoms with Crippen LogP contribution in [0.25, 0.3) is 0 Å². The van der Waals surface area contributed by atoms with Crippen LogP contribution in [0.3, 0.4) is 0 Å². The number of ether oxygens (including phenoxy) is 1. The highest BCUT2D eigenvalue weighted by atomic mass is 16.5. The van der Waals surface area contributed by atoms with E-state index in [0.29, 0.717) is 5.41 Å². The fourth-order valence-corrected chi connectivity index (χ4v) is 2.13. The molecule has 0 aromatic carbocycles. The van der Waals surface area contributed by atoms with Gasteiger partial charge in [-0.2, -0.15) is 0 Å². The Morgan fingerprint density at radius 2 is 1.85 bits per heavy atom. The standard InChI is InChI=1S/C11H16O2/c1-10(2)4-6-11(7-5-10)9(12)3-8-13-11/h3,8H,4-7H2,1-2H3. The van der Waals surface area contributed by atoms with Gasteiger partial charge in [-0.05, 0) is 31.1 Å². The molecule has 1 aliphatic carbocycles. The second-order valence-electron chi connectivity index (χ2n) is 4.94. The highest BCUT2D eigenvalue weighted by molar-refractivity contribution is 5.98. The van der Waals surface area contributed by atoms with E-state index in [1.54, 1.807) is 12.3 Å². The van der Waals surface area contributed by atoms with E-state index in [9.17, 15) is 4.79 Å². The molecule has 1 saturated carbocycles. The molecule has 2 heteroatoms. The van der Waals surface area contributed by atoms with Gasteiger partial charge in [0, 0.05) is 6.08 Å². The Balaban J connectivity index is 2.09. The third kappa shape index (κ3) is 1.38. The van der Waals surface area contributed by atoms with Crippen molar-refractivity contribution in [1.29, 1.82) is 0 Å². The third-order valence-corrected chi connectivity index (χ3v) is 3.37. The lowest BCUT2D eigenvalue weighted by molar-refractivity contribution is -0.134. The highest BCUT2D eigenvalue weighted by Crippen LogP contribution is 2.44. The van der Waals surface area contributed by atoms with Crippen molar-refractivity contribution in [1.82, 2.24) is 0 Å². The average Bonchev–Trinajstić information content (AvgIpc) is 2.41. The van der Waals surface area contributed by atoms with E-state index >= 15 is 0 Å². The van der Waals surface area contributed by atoms with Gasteiger partial charge in [-0.1, -0.05) is 13.8 Å². The summed E-state index contributed by atoms with van der Waals surface area (Å²) in [5.74, 6) is 0.169. The number of hydrogen-bond donors (Lipinski definition) is 0. The molecule has 0 atom stereocenters. The Labute approximate surface area is 79.0 Å². The molecule has 0 amide bonds. The van der Waals surface area contributed by atoms with Crippen LogP contribution >= 0.6 is 0 Å². The molecule has 2 aliphatic rings. The van der Waals surface area contributed by atoms with Crippen LogP contribution in [0.15, 0.2) is 12.3 Å². The molecular formula is C11H16O2. The summed E-state index contributed by atoms with van der Waals surface area (Å²) < 4.78 is 5.46. The molecule has 1 fully saturated rings. The monoisotopic (exact) mass is 180 g/mol. The van der Waals surface area contributed by atoms with Gasteiger partial charge in [0.05, 0.1) is 6.26 Å². The lowest BCUT2D eigenvalue weighted by atomic mass is 9.70. The lowest BCUT2D eigenvalue weighted by Crippen LogP contribution is -2.42. The number of rotatable bonds is 0. The number of ketones is 1. The third-order valence-electron chi connectivity index (χ3n) is 3.37. The second kappa shape index (κ2) is 2.60. The Morgan fingerprint density at radius 1 is 1.23 bits per heavy atom. The van der Waals surface area contributed by atoms with E-state index < -0.39 is 5.60 Å². The van der Waals surface area contributed by atoms with Crippen LogP contribution in [0.5, 0.6) is 0 Å². The zero-order valence-electron chi connectivity index (χ0n) is 8.30. The van der Waals surface area contributed by atoms with Gasteiger partial charge < -0.3 is 4.74 Å². The molecule has 0 aromatic heterocycles. The number of carbonyl (C=O) groups excluding carboxylic acids is 1. The average molecular weight is 180 g/mol. The minimum atomic E-state index is -0.463. The van der Waals surface area contributed by atoms with Crippen molar-refractivity contribution in [2.45, 2.75) is 45.1 Å². The normalized spacial score (nSPS) is 29.2. The molecule has 1 aliphatic heterocycles. The van der Waals surface area contributed by atoms with Gasteiger partial charge >= 0.3 is 0 Å². The van der Waals surface area contributed by atoms with Gasteiger partial charge in [0.1, 0.15) is 0 Å². The summed E-state index contributed by atoms with van der Waals surface area (Å²) in [4.78, 5) is 11.6. The molecule has 0 N–H and O–H groups in total. The van der Waals surface area contributed by atoms with Crippen LogP contribution in [-0.2, 0) is 9.53 Å². The van der Waals surface area contributed by atoms with Crippen molar-refractivity contribution in [3.63, 3.8) is 0 Å². The number of carbonyl (C=O) groups is 1. The van der Waals surface area contributed by atoms with Gasteiger partial charge in [0.2, 0.25) is 5.78 Å². The fraction of sp³-hybridized carbons (Fsp3) is 0.727. The maximum Gasteiger partial charge on any atom is 0.202 e. The molecule has 1 spiro atoms. The summed E-state index contributed by atoms with van der Waals surface area (Å²) in [6, 6.07) is 0. The molecule has 0 aromatic rings. The van der Waals surface area contributed by atoms with E-state index in [1.165, 1.54) is 0 Å². The van der Waals surface area contributed by atoms with Gasteiger partial charge in [-0.15, -0.1) is 0 Å². The highest BCUT2D eigenvalue weighted by Gasteiger charge is 2.46. The van der Waals surface area contributed by atoms with Crippen molar-refractivity contribution in [2.24, 2.45) is 5.41 Å². The SMILES string of the molecule is CC1(C)CCC2(CC1)OC=CC2=O. The predicted molar refractivity (Wildman–Crippen MR) is 50.2 cm³/mol. The molecule has 1 heterocycles. The van der Waals surface area contributed by atoms with Crippen molar-refractivity contribution >= 4 is 5.78 Å². The van der Waals surface area contributed by atoms with E-state index in [0.717, 1.165) is 25.7 Å². The maximum absolute atomic E-state index is 11.6. The molecule has 2 rings (SSSR count). The van der Waals surface area contributed by atoms with E-state index in [1.807, 2.05) is 0 Å². The largest absolute Gasteiger partial charge is 0.487 e. The molecule has 0 bridgehead atoms. The van der Waals surface area contributed by atoms with E-state index in [-0.39, 0.29) is 5.78 Å². The summed E-state index contributed by atoms with van der Waals surface area (Å²) in [6.07, 6.45) is 7.05. The summed E-state index contributed by atoms with van der Waals surface area (Å²) in [7, 11) is 0. The van der Waals surface area contributed by atoms with Crippen molar-refractivity contribution < 1.29 is 9.53 Å². The van der Waals surface area contributed by atoms with Crippen LogP contribution in [0, 0.1) is 5.41 Å². The molecule has 72 valence electrons. The Hall–Kier alpha value is -0.790. The van der Waals surface area contributed by atoms with Gasteiger partial charge in [-0.3, -0.25) is 4.79 Å². The first-order chi connectivity index (χ1) is 6.04. The number of hydrogen-bond acceptors (Lipinski definition) is 2. The van der Waals surface area contributed by atoms with Crippen LogP contribution < -0.4 is 0 Å². The molecular weight excluding hydrogens is 164 g/mol. The Morgan fingerprint density at radius 3 is 2.31 bits per heavy atom. The maximum atomic E-state index is 11.6. The summed E-state index contributed by atoms with van der Waals surface area (Å²) in [5.41, 5.74) is -0.0764. The minimum absolute atomic E-state index is 0.169. The van der Waals surface area contributed by atoms with Crippen LogP contribution in [0.4, 0.5) is 0 Å². The van der Waals surface area contributed by atoms with Crippen LogP contribution in [-0.4, -0.2) is 11.4 Å². The first kappa shape index (κ1) is 8.79. The minimum Gasteiger partial charge on any atom is -0.487 e. The van der Waals surface area contributed by atoms with Gasteiger partial charge in [0.15, 0.2) is 5.60 Å². The fourth-order valence-electron chi connectivity index (χ4n) is 2.13. The Kier molecular flexibility index (Phi) is 1.76. The molecule has 0 unspecified atom stereocenters. The summed E-state index contributed by atoms with van der Waals surface area (Å²) >= 11 is 0. The van der Waals surface area contributed by atoms with Crippen LogP contribution in [0.2, 0.25) is 0 Å². The predicted octanol–water partition coefficient (Wildman–Crippen LogP) is 2.44. The molecule has 13 heavy (non-hydrogen) atoms. The lowest BCUT2D eigenvalue weighted by Gasteiger charge is -2.39. The molecule has 0 radical (unpaired) electrons. The second-order valence-corrected chi connectivity index (χ2v) is 4.94. The smallest absolute Gasteiger partial charge is 0.202 e. The summed E-state index contributed by atoms with van der Waals surface area (Å²) in [5, 5.41) is 0.